The van der Waals surface area contributed by atoms with E-state index in [0.29, 0.717) is 34.5 Å². The van der Waals surface area contributed by atoms with Gasteiger partial charge in [0.05, 0.1) is 39.9 Å². The minimum Gasteiger partial charge on any atom is -0.493 e. The lowest BCUT2D eigenvalue weighted by Crippen LogP contribution is -2.02. The Hall–Kier alpha value is -2.34. The molecule has 0 N–H and O–H groups in total. The van der Waals surface area contributed by atoms with Gasteiger partial charge in [0, 0.05) is 12.4 Å². The fourth-order valence-electron chi connectivity index (χ4n) is 2.80. The second-order valence-corrected chi connectivity index (χ2v) is 7.95. The molecule has 0 aliphatic heterocycles. The van der Waals surface area contributed by atoms with E-state index in [1.165, 1.54) is 21.3 Å². The van der Waals surface area contributed by atoms with Gasteiger partial charge in [-0.1, -0.05) is 19.1 Å². The Kier molecular flexibility index (Phi) is 8.70. The minimum atomic E-state index is -3.64. The van der Waals surface area contributed by atoms with Crippen molar-refractivity contribution in [3.05, 3.63) is 53.9 Å². The maximum Gasteiger partial charge on any atom is 0.361 e. The number of nitrogens with zero attached hydrogens (tertiary/aromatic N) is 1. The fraction of sp³-hybridized carbons (Fsp3) is 0.381. The highest BCUT2D eigenvalue weighted by Crippen LogP contribution is 2.62. The van der Waals surface area contributed by atoms with Crippen molar-refractivity contribution in [1.82, 2.24) is 4.98 Å². The first-order chi connectivity index (χ1) is 14.0. The Morgan fingerprint density at radius 3 is 2.24 bits per heavy atom. The predicted molar refractivity (Wildman–Crippen MR) is 113 cm³/mol. The van der Waals surface area contributed by atoms with Crippen LogP contribution in [0.2, 0.25) is 0 Å². The van der Waals surface area contributed by atoms with Gasteiger partial charge in [-0.15, -0.1) is 0 Å². The Morgan fingerprint density at radius 2 is 1.76 bits per heavy atom. The zero-order valence-corrected chi connectivity index (χ0v) is 18.4. The summed E-state index contributed by atoms with van der Waals surface area (Å²) >= 11 is 0. The van der Waals surface area contributed by atoms with Crippen LogP contribution in [0.4, 0.5) is 0 Å². The van der Waals surface area contributed by atoms with Crippen LogP contribution in [0.1, 0.15) is 31.4 Å². The van der Waals surface area contributed by atoms with Crippen molar-refractivity contribution in [2.24, 2.45) is 0 Å². The maximum absolute atomic E-state index is 13.8. The molecule has 0 saturated heterocycles. The van der Waals surface area contributed by atoms with Gasteiger partial charge in [0.15, 0.2) is 11.5 Å². The van der Waals surface area contributed by atoms with Gasteiger partial charge < -0.3 is 23.3 Å². The number of hydrogen-bond donors (Lipinski definition) is 0. The molecule has 2 aromatic rings. The van der Waals surface area contributed by atoms with Crippen molar-refractivity contribution in [2.45, 2.75) is 26.9 Å². The van der Waals surface area contributed by atoms with Gasteiger partial charge >= 0.3 is 7.60 Å². The molecule has 0 bridgehead atoms. The summed E-state index contributed by atoms with van der Waals surface area (Å²) in [6.07, 6.45) is 5.81. The lowest BCUT2D eigenvalue weighted by atomic mass is 10.1. The zero-order chi connectivity index (χ0) is 21.3. The number of allylic oxidation sites excluding steroid dienone is 1. The molecular formula is C21H28NO6P. The smallest absolute Gasteiger partial charge is 0.361 e. The molecule has 0 amide bonds. The van der Waals surface area contributed by atoms with Crippen LogP contribution in [0.25, 0.3) is 5.31 Å². The number of benzene rings is 1. The summed E-state index contributed by atoms with van der Waals surface area (Å²) in [6.45, 7) is 4.07. The maximum atomic E-state index is 13.8. The molecular weight excluding hydrogens is 393 g/mol. The lowest BCUT2D eigenvalue weighted by molar-refractivity contribution is 0.214. The molecule has 2 rings (SSSR count). The van der Waals surface area contributed by atoms with Crippen LogP contribution in [-0.2, 0) is 20.2 Å². The SMILES string of the molecule is CC/C=C(\c1cc(OC)c(OC)c(OC)c1)P(=O)(OCC)OCc1cccnc1. The van der Waals surface area contributed by atoms with E-state index in [1.807, 2.05) is 19.1 Å². The quantitative estimate of drug-likeness (QED) is 0.455. The average Bonchev–Trinajstić information content (AvgIpc) is 2.75. The zero-order valence-electron chi connectivity index (χ0n) is 17.5. The van der Waals surface area contributed by atoms with Gasteiger partial charge in [-0.3, -0.25) is 9.55 Å². The highest BCUT2D eigenvalue weighted by atomic mass is 31.2. The van der Waals surface area contributed by atoms with Crippen LogP contribution in [0.5, 0.6) is 17.2 Å². The van der Waals surface area contributed by atoms with Gasteiger partial charge in [0.2, 0.25) is 5.75 Å². The Morgan fingerprint density at radius 1 is 1.07 bits per heavy atom. The largest absolute Gasteiger partial charge is 0.493 e. The molecule has 0 spiro atoms. The third-order valence-corrected chi connectivity index (χ3v) is 6.17. The first kappa shape index (κ1) is 22.9. The van der Waals surface area contributed by atoms with Crippen LogP contribution in [0, 0.1) is 0 Å². The highest BCUT2D eigenvalue weighted by molar-refractivity contribution is 7.65. The Bertz CT molecular complexity index is 844. The van der Waals surface area contributed by atoms with Gasteiger partial charge in [-0.25, -0.2) is 0 Å². The molecule has 1 aromatic heterocycles. The highest BCUT2D eigenvalue weighted by Gasteiger charge is 2.32. The number of methoxy groups -OCH3 is 3. The van der Waals surface area contributed by atoms with Crippen molar-refractivity contribution >= 4 is 12.9 Å². The van der Waals surface area contributed by atoms with E-state index < -0.39 is 7.60 Å². The van der Waals surface area contributed by atoms with E-state index in [9.17, 15) is 4.57 Å². The number of rotatable bonds is 11. The van der Waals surface area contributed by atoms with E-state index in [2.05, 4.69) is 4.98 Å². The molecule has 29 heavy (non-hydrogen) atoms. The summed E-state index contributed by atoms with van der Waals surface area (Å²) in [6, 6.07) is 7.13. The van der Waals surface area contributed by atoms with Crippen LogP contribution >= 0.6 is 7.60 Å². The molecule has 7 nitrogen and oxygen atoms in total. The van der Waals surface area contributed by atoms with Crippen LogP contribution in [-0.4, -0.2) is 32.9 Å². The topological polar surface area (TPSA) is 76.1 Å². The minimum absolute atomic E-state index is 0.108. The van der Waals surface area contributed by atoms with E-state index in [0.717, 1.165) is 5.56 Å². The van der Waals surface area contributed by atoms with Gasteiger partial charge in [-0.2, -0.15) is 0 Å². The van der Waals surface area contributed by atoms with Crippen molar-refractivity contribution in [1.29, 1.82) is 0 Å². The van der Waals surface area contributed by atoms with Gasteiger partial charge in [-0.05, 0) is 42.7 Å². The van der Waals surface area contributed by atoms with Crippen LogP contribution < -0.4 is 14.2 Å². The van der Waals surface area contributed by atoms with E-state index in [4.69, 9.17) is 23.3 Å². The van der Waals surface area contributed by atoms with Crippen molar-refractivity contribution < 1.29 is 27.8 Å². The van der Waals surface area contributed by atoms with Crippen molar-refractivity contribution in [3.63, 3.8) is 0 Å². The first-order valence-electron chi connectivity index (χ1n) is 9.32. The fourth-order valence-corrected chi connectivity index (χ4v) is 4.66. The molecule has 158 valence electrons. The molecule has 0 aliphatic rings. The molecule has 0 fully saturated rings. The molecule has 1 atom stereocenters. The molecule has 0 saturated carbocycles. The van der Waals surface area contributed by atoms with Gasteiger partial charge in [0.25, 0.3) is 0 Å². The summed E-state index contributed by atoms with van der Waals surface area (Å²) in [7, 11) is 0.963. The van der Waals surface area contributed by atoms with E-state index >= 15 is 0 Å². The van der Waals surface area contributed by atoms with Gasteiger partial charge in [0.1, 0.15) is 0 Å². The van der Waals surface area contributed by atoms with E-state index in [-0.39, 0.29) is 13.2 Å². The lowest BCUT2D eigenvalue weighted by Gasteiger charge is -2.22. The first-order valence-corrected chi connectivity index (χ1v) is 10.9. The van der Waals surface area contributed by atoms with Crippen molar-refractivity contribution in [3.8, 4) is 17.2 Å². The molecule has 1 aromatic carbocycles. The second-order valence-electron chi connectivity index (χ2n) is 5.96. The summed E-state index contributed by atoms with van der Waals surface area (Å²) in [5.41, 5.74) is 1.41. The number of pyridine rings is 1. The average molecular weight is 421 g/mol. The second kappa shape index (κ2) is 11.0. The molecule has 1 unspecified atom stereocenters. The predicted octanol–water partition coefficient (Wildman–Crippen LogP) is 5.30. The normalized spacial score (nSPS) is 13.6. The monoisotopic (exact) mass is 421 g/mol. The third kappa shape index (κ3) is 5.60. The summed E-state index contributed by atoms with van der Waals surface area (Å²) < 4.78 is 41.5. The number of hydrogen-bond acceptors (Lipinski definition) is 7. The van der Waals surface area contributed by atoms with E-state index in [1.54, 1.807) is 37.5 Å². The summed E-state index contributed by atoms with van der Waals surface area (Å²) in [5.74, 6) is 1.37. The summed E-state index contributed by atoms with van der Waals surface area (Å²) in [4.78, 5) is 4.06. The Labute approximate surface area is 172 Å². The Balaban J connectivity index is 2.51. The molecule has 1 heterocycles. The van der Waals surface area contributed by atoms with Crippen LogP contribution in [0.3, 0.4) is 0 Å². The standard InChI is InChI=1S/C21H28NO6P/c1-6-9-20(17-12-18(24-3)21(26-5)19(13-17)25-4)29(23,27-7-2)28-15-16-10-8-11-22-14-16/h8-14H,6-7,15H2,1-5H3/b20-9+. The molecule has 0 radical (unpaired) electrons. The van der Waals surface area contributed by atoms with Crippen molar-refractivity contribution in [2.75, 3.05) is 27.9 Å². The summed E-state index contributed by atoms with van der Waals surface area (Å²) in [5, 5.41) is 0.449. The molecule has 0 aliphatic carbocycles. The third-order valence-electron chi connectivity index (χ3n) is 4.08. The number of ether oxygens (including phenoxy) is 3. The number of aromatic nitrogens is 1. The molecule has 8 heteroatoms. The van der Waals surface area contributed by atoms with Crippen LogP contribution in [0.15, 0.2) is 42.7 Å².